The molecule has 1 aromatic carbocycles. The van der Waals surface area contributed by atoms with Gasteiger partial charge in [0.25, 0.3) is 0 Å². The number of hydrogen-bond acceptors (Lipinski definition) is 2. The Hall–Kier alpha value is -1.00. The molecule has 4 heteroatoms. The lowest BCUT2D eigenvalue weighted by atomic mass is 9.88. The van der Waals surface area contributed by atoms with Crippen LogP contribution in [0.4, 0.5) is 0 Å². The predicted octanol–water partition coefficient (Wildman–Crippen LogP) is 4.17. The second kappa shape index (κ2) is 9.90. The highest BCUT2D eigenvalue weighted by Crippen LogP contribution is 2.19. The number of aryl methyl sites for hydroxylation is 1. The van der Waals surface area contributed by atoms with E-state index < -0.39 is 11.0 Å². The minimum atomic E-state index is -1.27. The Morgan fingerprint density at radius 1 is 1.14 bits per heavy atom. The lowest BCUT2D eigenvalue weighted by molar-refractivity contribution is -0.123. The van der Waals surface area contributed by atoms with Crippen LogP contribution in [-0.4, -0.2) is 16.0 Å². The zero-order valence-corrected chi connectivity index (χ0v) is 15.0. The Morgan fingerprint density at radius 2 is 1.77 bits per heavy atom. The summed E-state index contributed by atoms with van der Waals surface area (Å²) in [5, 5.41) is 0. The molecule has 0 aliphatic carbocycles. The second-order valence-electron chi connectivity index (χ2n) is 5.83. The molecule has 0 saturated carbocycles. The van der Waals surface area contributed by atoms with E-state index >= 15 is 0 Å². The van der Waals surface area contributed by atoms with Crippen molar-refractivity contribution in [1.82, 2.24) is 4.72 Å². The standard InChI is InChI=1S/C18H29NO2S/c1-5-8-17(16(7-3)18(20)9-6-2)19-22(21)15-12-10-14(4)11-13-15/h10-13,16-17,19H,5-9H2,1-4H3/t16-,17-,22?/m1/s1. The van der Waals surface area contributed by atoms with Gasteiger partial charge in [-0.3, -0.25) is 4.79 Å². The van der Waals surface area contributed by atoms with Gasteiger partial charge in [-0.15, -0.1) is 0 Å². The van der Waals surface area contributed by atoms with Crippen LogP contribution in [0.5, 0.6) is 0 Å². The predicted molar refractivity (Wildman–Crippen MR) is 93.1 cm³/mol. The quantitative estimate of drug-likeness (QED) is 0.702. The molecule has 1 rings (SSSR count). The van der Waals surface area contributed by atoms with Crippen LogP contribution in [0.25, 0.3) is 0 Å². The summed E-state index contributed by atoms with van der Waals surface area (Å²) in [5.41, 5.74) is 1.15. The van der Waals surface area contributed by atoms with Gasteiger partial charge in [0.15, 0.2) is 0 Å². The Kier molecular flexibility index (Phi) is 8.57. The summed E-state index contributed by atoms with van der Waals surface area (Å²) in [6, 6.07) is 7.68. The van der Waals surface area contributed by atoms with E-state index in [-0.39, 0.29) is 17.7 Å². The molecule has 0 radical (unpaired) electrons. The minimum Gasteiger partial charge on any atom is -0.299 e. The number of rotatable bonds is 10. The Morgan fingerprint density at radius 3 is 2.27 bits per heavy atom. The van der Waals surface area contributed by atoms with Crippen molar-refractivity contribution in [3.8, 4) is 0 Å². The average Bonchev–Trinajstić information content (AvgIpc) is 2.49. The molecule has 1 aromatic rings. The minimum absolute atomic E-state index is 0.0174. The summed E-state index contributed by atoms with van der Waals surface area (Å²) in [5.74, 6) is 0.242. The van der Waals surface area contributed by atoms with Gasteiger partial charge in [-0.05, 0) is 38.3 Å². The fraction of sp³-hybridized carbons (Fsp3) is 0.611. The highest BCUT2D eigenvalue weighted by Gasteiger charge is 2.26. The smallest absolute Gasteiger partial charge is 0.137 e. The summed E-state index contributed by atoms with van der Waals surface area (Å²) in [6.45, 7) is 8.17. The molecule has 0 heterocycles. The topological polar surface area (TPSA) is 46.2 Å². The largest absolute Gasteiger partial charge is 0.299 e. The van der Waals surface area contributed by atoms with E-state index in [2.05, 4.69) is 11.6 Å². The maximum absolute atomic E-state index is 12.5. The molecule has 0 aromatic heterocycles. The molecule has 0 aliphatic rings. The van der Waals surface area contributed by atoms with Crippen LogP contribution < -0.4 is 4.72 Å². The molecule has 0 bridgehead atoms. The van der Waals surface area contributed by atoms with Gasteiger partial charge < -0.3 is 0 Å². The van der Waals surface area contributed by atoms with Gasteiger partial charge in [-0.2, -0.15) is 0 Å². The van der Waals surface area contributed by atoms with Crippen LogP contribution in [-0.2, 0) is 15.8 Å². The zero-order valence-electron chi connectivity index (χ0n) is 14.2. The summed E-state index contributed by atoms with van der Waals surface area (Å²) in [7, 11) is -1.27. The monoisotopic (exact) mass is 323 g/mol. The summed E-state index contributed by atoms with van der Waals surface area (Å²) in [6.07, 6.45) is 4.11. The third kappa shape index (κ3) is 5.65. The van der Waals surface area contributed by atoms with Crippen molar-refractivity contribution in [2.45, 2.75) is 70.7 Å². The molecular weight excluding hydrogens is 294 g/mol. The Bertz CT molecular complexity index is 484. The molecule has 0 amide bonds. The maximum Gasteiger partial charge on any atom is 0.137 e. The van der Waals surface area contributed by atoms with E-state index in [1.165, 1.54) is 0 Å². The average molecular weight is 324 g/mol. The van der Waals surface area contributed by atoms with E-state index in [4.69, 9.17) is 0 Å². The van der Waals surface area contributed by atoms with E-state index in [1.54, 1.807) is 0 Å². The summed E-state index contributed by atoms with van der Waals surface area (Å²) < 4.78 is 15.7. The lowest BCUT2D eigenvalue weighted by Gasteiger charge is -2.25. The zero-order chi connectivity index (χ0) is 16.5. The van der Waals surface area contributed by atoms with Gasteiger partial charge in [0.2, 0.25) is 0 Å². The van der Waals surface area contributed by atoms with Gasteiger partial charge in [0.05, 0.1) is 4.90 Å². The first-order valence-electron chi connectivity index (χ1n) is 8.30. The molecule has 22 heavy (non-hydrogen) atoms. The Labute approximate surface area is 137 Å². The number of carbonyl (C=O) groups excluding carboxylic acids is 1. The molecule has 0 aliphatic heterocycles. The highest BCUT2D eigenvalue weighted by atomic mass is 32.2. The summed E-state index contributed by atoms with van der Waals surface area (Å²) in [4.78, 5) is 13.1. The van der Waals surface area contributed by atoms with E-state index in [1.807, 2.05) is 45.0 Å². The number of benzene rings is 1. The fourth-order valence-electron chi connectivity index (χ4n) is 2.69. The fourth-order valence-corrected chi connectivity index (χ4v) is 3.77. The van der Waals surface area contributed by atoms with Gasteiger partial charge in [0.1, 0.15) is 16.8 Å². The van der Waals surface area contributed by atoms with Gasteiger partial charge >= 0.3 is 0 Å². The number of nitrogens with one attached hydrogen (secondary N) is 1. The first-order valence-corrected chi connectivity index (χ1v) is 9.45. The first kappa shape index (κ1) is 19.0. The summed E-state index contributed by atoms with van der Waals surface area (Å²) >= 11 is 0. The first-order chi connectivity index (χ1) is 10.5. The normalized spacial score (nSPS) is 15.3. The van der Waals surface area contributed by atoms with Gasteiger partial charge in [-0.1, -0.05) is 44.9 Å². The van der Waals surface area contributed by atoms with Crippen molar-refractivity contribution in [2.24, 2.45) is 5.92 Å². The molecule has 0 spiro atoms. The number of hydrogen-bond donors (Lipinski definition) is 1. The van der Waals surface area contributed by atoms with E-state index in [0.717, 1.165) is 36.1 Å². The number of ketones is 1. The highest BCUT2D eigenvalue weighted by molar-refractivity contribution is 7.83. The molecule has 124 valence electrons. The third-order valence-electron chi connectivity index (χ3n) is 3.93. The van der Waals surface area contributed by atoms with Gasteiger partial charge in [0, 0.05) is 18.4 Å². The van der Waals surface area contributed by atoms with Crippen LogP contribution >= 0.6 is 0 Å². The van der Waals surface area contributed by atoms with Gasteiger partial charge in [-0.25, -0.2) is 8.93 Å². The van der Waals surface area contributed by atoms with Crippen molar-refractivity contribution in [3.05, 3.63) is 29.8 Å². The lowest BCUT2D eigenvalue weighted by Crippen LogP contribution is -2.40. The van der Waals surface area contributed by atoms with Crippen molar-refractivity contribution < 1.29 is 9.00 Å². The van der Waals surface area contributed by atoms with Crippen molar-refractivity contribution in [3.63, 3.8) is 0 Å². The SMILES string of the molecule is CCCC(=O)[C@H](CC)[C@@H](CCC)NS(=O)c1ccc(C)cc1. The van der Waals surface area contributed by atoms with Crippen molar-refractivity contribution in [1.29, 1.82) is 0 Å². The van der Waals surface area contributed by atoms with Crippen LogP contribution in [0, 0.1) is 12.8 Å². The maximum atomic E-state index is 12.5. The molecule has 0 fully saturated rings. The molecule has 0 saturated heterocycles. The molecular formula is C18H29NO2S. The van der Waals surface area contributed by atoms with Crippen LogP contribution in [0.15, 0.2) is 29.2 Å². The van der Waals surface area contributed by atoms with Crippen molar-refractivity contribution in [2.75, 3.05) is 0 Å². The number of Topliss-reactive ketones (excluding diaryl/α,β-unsaturated/α-hetero) is 1. The van der Waals surface area contributed by atoms with Crippen LogP contribution in [0.1, 0.15) is 58.4 Å². The molecule has 3 nitrogen and oxygen atoms in total. The molecule has 1 unspecified atom stereocenters. The second-order valence-corrected chi connectivity index (χ2v) is 7.07. The Balaban J connectivity index is 2.83. The van der Waals surface area contributed by atoms with Crippen LogP contribution in [0.3, 0.4) is 0 Å². The van der Waals surface area contributed by atoms with Crippen LogP contribution in [0.2, 0.25) is 0 Å². The van der Waals surface area contributed by atoms with Crippen molar-refractivity contribution >= 4 is 16.8 Å². The molecule has 1 N–H and O–H groups in total. The van der Waals surface area contributed by atoms with E-state index in [0.29, 0.717) is 6.42 Å². The third-order valence-corrected chi connectivity index (χ3v) is 5.15. The number of carbonyl (C=O) groups is 1. The molecule has 3 atom stereocenters. The van der Waals surface area contributed by atoms with E-state index in [9.17, 15) is 9.00 Å².